The molecule has 1 rings (SSSR count). The van der Waals surface area contributed by atoms with Gasteiger partial charge in [0.25, 0.3) is 5.91 Å². The van der Waals surface area contributed by atoms with Crippen LogP contribution in [-0.4, -0.2) is 49.4 Å². The Bertz CT molecular complexity index is 359. The first-order valence-electron chi connectivity index (χ1n) is 5.56. The van der Waals surface area contributed by atoms with E-state index in [1.807, 2.05) is 0 Å². The van der Waals surface area contributed by atoms with Crippen molar-refractivity contribution in [1.29, 1.82) is 0 Å². The van der Waals surface area contributed by atoms with Gasteiger partial charge in [0.05, 0.1) is 25.6 Å². The first kappa shape index (κ1) is 14.8. The van der Waals surface area contributed by atoms with Crippen LogP contribution in [0.25, 0.3) is 0 Å². The highest BCUT2D eigenvalue weighted by atomic mass is 35.5. The number of carbonyl (C=O) groups is 1. The number of nitrogens with one attached hydrogen (secondary N) is 1. The minimum absolute atomic E-state index is 0.250. The number of hydrogen-bond acceptors (Lipinski definition) is 5. The second-order valence-electron chi connectivity index (χ2n) is 3.44. The third-order valence-electron chi connectivity index (χ3n) is 2.04. The summed E-state index contributed by atoms with van der Waals surface area (Å²) in [7, 11) is 1.62. The van der Waals surface area contributed by atoms with E-state index in [2.05, 4.69) is 15.3 Å². The molecule has 0 bridgehead atoms. The number of rotatable bonds is 8. The number of hydrogen-bond donors (Lipinski definition) is 1. The van der Waals surface area contributed by atoms with Crippen molar-refractivity contribution in [3.63, 3.8) is 0 Å². The fourth-order valence-corrected chi connectivity index (χ4v) is 1.24. The Kier molecular flexibility index (Phi) is 7.24. The summed E-state index contributed by atoms with van der Waals surface area (Å²) in [6.07, 6.45) is 3.41. The Morgan fingerprint density at radius 3 is 2.83 bits per heavy atom. The SMILES string of the molecule is COCCOCCCNC(=O)c1cnc(Cl)cn1. The first-order valence-corrected chi connectivity index (χ1v) is 5.94. The van der Waals surface area contributed by atoms with Gasteiger partial charge in [-0.05, 0) is 6.42 Å². The molecule has 1 N–H and O–H groups in total. The van der Waals surface area contributed by atoms with E-state index >= 15 is 0 Å². The molecule has 0 unspecified atom stereocenters. The highest BCUT2D eigenvalue weighted by Gasteiger charge is 2.06. The van der Waals surface area contributed by atoms with Gasteiger partial charge in [-0.2, -0.15) is 0 Å². The second-order valence-corrected chi connectivity index (χ2v) is 3.83. The van der Waals surface area contributed by atoms with Crippen molar-refractivity contribution in [3.05, 3.63) is 23.2 Å². The van der Waals surface area contributed by atoms with E-state index < -0.39 is 0 Å². The highest BCUT2D eigenvalue weighted by molar-refractivity contribution is 6.29. The molecule has 0 aliphatic carbocycles. The molecular weight excluding hydrogens is 258 g/mol. The molecule has 18 heavy (non-hydrogen) atoms. The lowest BCUT2D eigenvalue weighted by Gasteiger charge is -2.05. The largest absolute Gasteiger partial charge is 0.382 e. The number of nitrogens with zero attached hydrogens (tertiary/aromatic N) is 2. The van der Waals surface area contributed by atoms with Crippen LogP contribution in [0.1, 0.15) is 16.9 Å². The van der Waals surface area contributed by atoms with Crippen molar-refractivity contribution in [3.8, 4) is 0 Å². The molecule has 0 aliphatic heterocycles. The Morgan fingerprint density at radius 1 is 1.33 bits per heavy atom. The Balaban J connectivity index is 2.12. The van der Waals surface area contributed by atoms with Crippen LogP contribution in [0.4, 0.5) is 0 Å². The van der Waals surface area contributed by atoms with Crippen molar-refractivity contribution in [2.45, 2.75) is 6.42 Å². The van der Waals surface area contributed by atoms with Gasteiger partial charge in [0.15, 0.2) is 0 Å². The molecule has 0 saturated carbocycles. The number of aromatic nitrogens is 2. The zero-order valence-electron chi connectivity index (χ0n) is 10.2. The lowest BCUT2D eigenvalue weighted by molar-refractivity contribution is 0.0688. The third kappa shape index (κ3) is 5.90. The van der Waals surface area contributed by atoms with E-state index in [1.165, 1.54) is 12.4 Å². The molecule has 0 aromatic carbocycles. The standard InChI is InChI=1S/C11H16ClN3O3/c1-17-5-6-18-4-2-3-13-11(16)9-7-15-10(12)8-14-9/h7-8H,2-6H2,1H3,(H,13,16). The zero-order valence-corrected chi connectivity index (χ0v) is 10.9. The van der Waals surface area contributed by atoms with E-state index in [0.29, 0.717) is 26.4 Å². The predicted molar refractivity (Wildman–Crippen MR) is 66.7 cm³/mol. The monoisotopic (exact) mass is 273 g/mol. The van der Waals surface area contributed by atoms with Gasteiger partial charge in [0.2, 0.25) is 0 Å². The van der Waals surface area contributed by atoms with E-state index in [0.717, 1.165) is 6.42 Å². The summed E-state index contributed by atoms with van der Waals surface area (Å²) >= 11 is 5.57. The summed E-state index contributed by atoms with van der Waals surface area (Å²) in [5.41, 5.74) is 0.250. The lowest BCUT2D eigenvalue weighted by atomic mass is 10.4. The van der Waals surface area contributed by atoms with Crippen molar-refractivity contribution in [1.82, 2.24) is 15.3 Å². The van der Waals surface area contributed by atoms with E-state index in [4.69, 9.17) is 21.1 Å². The average Bonchev–Trinajstić information content (AvgIpc) is 2.38. The maximum Gasteiger partial charge on any atom is 0.271 e. The number of ether oxygens (including phenoxy) is 2. The minimum Gasteiger partial charge on any atom is -0.382 e. The summed E-state index contributed by atoms with van der Waals surface area (Å²) in [6, 6.07) is 0. The van der Waals surface area contributed by atoms with Gasteiger partial charge in [0, 0.05) is 20.3 Å². The van der Waals surface area contributed by atoms with Crippen molar-refractivity contribution in [2.24, 2.45) is 0 Å². The summed E-state index contributed by atoms with van der Waals surface area (Å²) in [5.74, 6) is -0.268. The number of amides is 1. The normalized spacial score (nSPS) is 10.3. The fraction of sp³-hybridized carbons (Fsp3) is 0.545. The van der Waals surface area contributed by atoms with Gasteiger partial charge in [0.1, 0.15) is 10.8 Å². The minimum atomic E-state index is -0.268. The van der Waals surface area contributed by atoms with E-state index in [-0.39, 0.29) is 16.8 Å². The maximum absolute atomic E-state index is 11.6. The topological polar surface area (TPSA) is 73.3 Å². The number of methoxy groups -OCH3 is 1. The van der Waals surface area contributed by atoms with Gasteiger partial charge in [-0.25, -0.2) is 9.97 Å². The Hall–Kier alpha value is -1.24. The van der Waals surface area contributed by atoms with Crippen LogP contribution < -0.4 is 5.32 Å². The first-order chi connectivity index (χ1) is 8.74. The zero-order chi connectivity index (χ0) is 13.2. The molecule has 7 heteroatoms. The number of carbonyl (C=O) groups excluding carboxylic acids is 1. The molecule has 1 heterocycles. The van der Waals surface area contributed by atoms with E-state index in [1.54, 1.807) is 7.11 Å². The third-order valence-corrected chi connectivity index (χ3v) is 2.23. The number of halogens is 1. The molecule has 0 spiro atoms. The molecule has 6 nitrogen and oxygen atoms in total. The molecule has 0 aliphatic rings. The maximum atomic E-state index is 11.6. The van der Waals surface area contributed by atoms with Gasteiger partial charge < -0.3 is 14.8 Å². The molecule has 0 fully saturated rings. The summed E-state index contributed by atoms with van der Waals surface area (Å²) in [4.78, 5) is 19.2. The summed E-state index contributed by atoms with van der Waals surface area (Å²) in [6.45, 7) is 2.24. The van der Waals surface area contributed by atoms with E-state index in [9.17, 15) is 4.79 Å². The highest BCUT2D eigenvalue weighted by Crippen LogP contribution is 2.00. The Morgan fingerprint density at radius 2 is 2.17 bits per heavy atom. The van der Waals surface area contributed by atoms with Crippen LogP contribution in [0.15, 0.2) is 12.4 Å². The predicted octanol–water partition coefficient (Wildman–Crippen LogP) is 0.913. The van der Waals surface area contributed by atoms with Crippen LogP contribution in [0, 0.1) is 0 Å². The molecule has 1 amide bonds. The lowest BCUT2D eigenvalue weighted by Crippen LogP contribution is -2.26. The van der Waals surface area contributed by atoms with Crippen molar-refractivity contribution in [2.75, 3.05) is 33.5 Å². The van der Waals surface area contributed by atoms with Gasteiger partial charge >= 0.3 is 0 Å². The molecule has 1 aromatic rings. The van der Waals surface area contributed by atoms with Gasteiger partial charge in [-0.3, -0.25) is 4.79 Å². The smallest absolute Gasteiger partial charge is 0.271 e. The summed E-state index contributed by atoms with van der Waals surface area (Å²) < 4.78 is 10.1. The molecular formula is C11H16ClN3O3. The molecule has 1 aromatic heterocycles. The van der Waals surface area contributed by atoms with Crippen molar-refractivity contribution >= 4 is 17.5 Å². The second kappa shape index (κ2) is 8.79. The molecule has 100 valence electrons. The van der Waals surface area contributed by atoms with Gasteiger partial charge in [-0.1, -0.05) is 11.6 Å². The molecule has 0 saturated heterocycles. The molecule has 0 atom stereocenters. The van der Waals surface area contributed by atoms with Gasteiger partial charge in [-0.15, -0.1) is 0 Å². The van der Waals surface area contributed by atoms with Crippen molar-refractivity contribution < 1.29 is 14.3 Å². The fourth-order valence-electron chi connectivity index (χ4n) is 1.14. The Labute approximate surface area is 111 Å². The molecule has 0 radical (unpaired) electrons. The van der Waals surface area contributed by atoms with Crippen LogP contribution in [0.5, 0.6) is 0 Å². The van der Waals surface area contributed by atoms with Crippen LogP contribution in [0.3, 0.4) is 0 Å². The van der Waals surface area contributed by atoms with Crippen LogP contribution in [0.2, 0.25) is 5.15 Å². The van der Waals surface area contributed by atoms with Crippen LogP contribution >= 0.6 is 11.6 Å². The quantitative estimate of drug-likeness (QED) is 0.713. The average molecular weight is 274 g/mol. The van der Waals surface area contributed by atoms with Crippen LogP contribution in [-0.2, 0) is 9.47 Å². The summed E-state index contributed by atoms with van der Waals surface area (Å²) in [5, 5.41) is 2.98.